The lowest BCUT2D eigenvalue weighted by atomic mass is 10.2. The molecule has 0 aliphatic carbocycles. The second-order valence-electron chi connectivity index (χ2n) is 6.24. The van der Waals surface area contributed by atoms with Crippen LogP contribution < -0.4 is 26.9 Å². The summed E-state index contributed by atoms with van der Waals surface area (Å²) in [7, 11) is 2.77. The number of hydrogen-bond donors (Lipinski definition) is 1. The van der Waals surface area contributed by atoms with Gasteiger partial charge in [-0.15, -0.1) is 13.2 Å². The maximum Gasteiger partial charge on any atom is 0.573 e. The highest BCUT2D eigenvalue weighted by atomic mass is 19.4. The average Bonchev–Trinajstić information content (AvgIpc) is 2.64. The zero-order chi connectivity index (χ0) is 21.5. The van der Waals surface area contributed by atoms with E-state index in [0.717, 1.165) is 16.7 Å². The molecular weight excluding hydrogens is 393 g/mol. The van der Waals surface area contributed by atoms with Gasteiger partial charge in [-0.25, -0.2) is 4.79 Å². The van der Waals surface area contributed by atoms with Crippen LogP contribution in [0.3, 0.4) is 0 Å². The summed E-state index contributed by atoms with van der Waals surface area (Å²) in [6.45, 7) is 1.93. The van der Waals surface area contributed by atoms with Gasteiger partial charge in [0, 0.05) is 32.4 Å². The van der Waals surface area contributed by atoms with Gasteiger partial charge >= 0.3 is 12.1 Å². The summed E-state index contributed by atoms with van der Waals surface area (Å²) in [6, 6.07) is 6.00. The van der Waals surface area contributed by atoms with Gasteiger partial charge in [-0.2, -0.15) is 0 Å². The third kappa shape index (κ3) is 3.75. The largest absolute Gasteiger partial charge is 0.573 e. The molecule has 3 rings (SSSR count). The predicted molar refractivity (Wildman–Crippen MR) is 101 cm³/mol. The summed E-state index contributed by atoms with van der Waals surface area (Å²) >= 11 is 0. The number of benzene rings is 1. The normalized spacial score (nSPS) is 11.7. The van der Waals surface area contributed by atoms with E-state index in [1.807, 2.05) is 0 Å². The van der Waals surface area contributed by atoms with Crippen molar-refractivity contribution in [1.82, 2.24) is 13.7 Å². The van der Waals surface area contributed by atoms with E-state index in [0.29, 0.717) is 5.69 Å². The minimum absolute atomic E-state index is 0.103. The Bertz CT molecular complexity index is 1250. The molecule has 11 heteroatoms. The van der Waals surface area contributed by atoms with E-state index < -0.39 is 28.9 Å². The molecular formula is C18H17F3N4O4. The molecule has 0 atom stereocenters. The van der Waals surface area contributed by atoms with Crippen LogP contribution in [0.15, 0.2) is 44.7 Å². The Balaban J connectivity index is 2.17. The van der Waals surface area contributed by atoms with E-state index in [4.69, 9.17) is 0 Å². The third-order valence-electron chi connectivity index (χ3n) is 4.38. The van der Waals surface area contributed by atoms with Gasteiger partial charge in [0.1, 0.15) is 16.8 Å². The summed E-state index contributed by atoms with van der Waals surface area (Å²) in [4.78, 5) is 37.5. The first kappa shape index (κ1) is 20.2. The number of halogens is 3. The van der Waals surface area contributed by atoms with Crippen molar-refractivity contribution < 1.29 is 17.9 Å². The Hall–Kier alpha value is -3.50. The molecule has 0 amide bonds. The number of alkyl halides is 3. The Kier molecular flexibility index (Phi) is 4.99. The molecule has 1 N–H and O–H groups in total. The molecule has 3 aromatic rings. The molecule has 0 fully saturated rings. The van der Waals surface area contributed by atoms with Crippen LogP contribution in [0.4, 0.5) is 24.5 Å². The highest BCUT2D eigenvalue weighted by Crippen LogP contribution is 2.26. The van der Waals surface area contributed by atoms with E-state index in [1.54, 1.807) is 6.92 Å². The molecule has 0 radical (unpaired) electrons. The summed E-state index contributed by atoms with van der Waals surface area (Å²) in [5, 5.41) is 2.97. The molecule has 0 bridgehead atoms. The number of aryl methyl sites for hydroxylation is 2. The second-order valence-corrected chi connectivity index (χ2v) is 6.24. The van der Waals surface area contributed by atoms with Gasteiger partial charge in [0.25, 0.3) is 11.1 Å². The number of nitrogens with one attached hydrogen (secondary N) is 1. The molecule has 0 aliphatic rings. The van der Waals surface area contributed by atoms with Gasteiger partial charge in [0.2, 0.25) is 0 Å². The Morgan fingerprint density at radius 3 is 2.21 bits per heavy atom. The summed E-state index contributed by atoms with van der Waals surface area (Å²) < 4.78 is 44.1. The van der Waals surface area contributed by atoms with Crippen molar-refractivity contribution in [3.05, 3.63) is 61.5 Å². The summed E-state index contributed by atoms with van der Waals surface area (Å²) in [5.41, 5.74) is -1.03. The Morgan fingerprint density at radius 2 is 1.66 bits per heavy atom. The number of fused-ring (bicyclic) bond motifs is 1. The highest BCUT2D eigenvalue weighted by molar-refractivity contribution is 5.90. The van der Waals surface area contributed by atoms with Gasteiger partial charge in [-0.1, -0.05) is 0 Å². The number of nitrogens with zero attached hydrogens (tertiary/aromatic N) is 3. The summed E-state index contributed by atoms with van der Waals surface area (Å²) in [5.74, 6) is -0.410. The van der Waals surface area contributed by atoms with E-state index in [9.17, 15) is 27.6 Å². The van der Waals surface area contributed by atoms with Crippen molar-refractivity contribution in [3.8, 4) is 5.75 Å². The highest BCUT2D eigenvalue weighted by Gasteiger charge is 2.31. The number of pyridine rings is 1. The van der Waals surface area contributed by atoms with Crippen molar-refractivity contribution >= 4 is 22.4 Å². The minimum atomic E-state index is -4.81. The van der Waals surface area contributed by atoms with Gasteiger partial charge in [-0.05, 0) is 31.2 Å². The molecule has 0 saturated carbocycles. The second kappa shape index (κ2) is 7.15. The smallest absolute Gasteiger partial charge is 0.406 e. The number of ether oxygens (including phenoxy) is 1. The molecule has 0 aliphatic heterocycles. The monoisotopic (exact) mass is 410 g/mol. The standard InChI is InChI=1S/C18H17F3N4O4/c1-4-25-15-14(16(27)24(3)17(25)28)12(9-13(26)23(15)2)22-10-5-7-11(8-6-10)29-18(19,20)21/h5-9,22H,4H2,1-3H3. The molecule has 0 spiro atoms. The van der Waals surface area contributed by atoms with Crippen LogP contribution in [0.2, 0.25) is 0 Å². The lowest BCUT2D eigenvalue weighted by molar-refractivity contribution is -0.274. The van der Waals surface area contributed by atoms with Crippen molar-refractivity contribution in [3.63, 3.8) is 0 Å². The Morgan fingerprint density at radius 1 is 1.03 bits per heavy atom. The van der Waals surface area contributed by atoms with Crippen LogP contribution in [0.25, 0.3) is 11.0 Å². The van der Waals surface area contributed by atoms with E-state index >= 15 is 0 Å². The molecule has 0 unspecified atom stereocenters. The summed E-state index contributed by atoms with van der Waals surface area (Å²) in [6.07, 6.45) is -4.81. The lowest BCUT2D eigenvalue weighted by Gasteiger charge is -2.16. The minimum Gasteiger partial charge on any atom is -0.406 e. The Labute approximate surface area is 161 Å². The van der Waals surface area contributed by atoms with E-state index in [2.05, 4.69) is 10.1 Å². The van der Waals surface area contributed by atoms with Crippen molar-refractivity contribution in [2.45, 2.75) is 19.8 Å². The zero-order valence-electron chi connectivity index (χ0n) is 15.7. The molecule has 29 heavy (non-hydrogen) atoms. The van der Waals surface area contributed by atoms with Crippen LogP contribution in [-0.4, -0.2) is 20.1 Å². The quantitative estimate of drug-likeness (QED) is 0.712. The SMILES string of the molecule is CCn1c(=O)n(C)c(=O)c2c(Nc3ccc(OC(F)(F)F)cc3)cc(=O)n(C)c21. The fourth-order valence-electron chi connectivity index (χ4n) is 3.02. The van der Waals surface area contributed by atoms with Crippen molar-refractivity contribution in [2.24, 2.45) is 14.1 Å². The van der Waals surface area contributed by atoms with Gasteiger partial charge in [0.05, 0.1) is 5.69 Å². The maximum absolute atomic E-state index is 12.8. The maximum atomic E-state index is 12.8. The molecule has 154 valence electrons. The molecule has 2 aromatic heterocycles. The zero-order valence-corrected chi connectivity index (χ0v) is 15.7. The lowest BCUT2D eigenvalue weighted by Crippen LogP contribution is -2.40. The van der Waals surface area contributed by atoms with Crippen molar-refractivity contribution in [1.29, 1.82) is 0 Å². The van der Waals surface area contributed by atoms with Crippen LogP contribution in [-0.2, 0) is 20.6 Å². The van der Waals surface area contributed by atoms with Crippen LogP contribution in [0.5, 0.6) is 5.75 Å². The molecule has 8 nitrogen and oxygen atoms in total. The van der Waals surface area contributed by atoms with Crippen LogP contribution in [0.1, 0.15) is 6.92 Å². The predicted octanol–water partition coefficient (Wildman–Crippen LogP) is 2.06. The third-order valence-corrected chi connectivity index (χ3v) is 4.38. The van der Waals surface area contributed by atoms with Gasteiger partial charge in [-0.3, -0.25) is 23.3 Å². The molecule has 1 aromatic carbocycles. The van der Waals surface area contributed by atoms with Gasteiger partial charge in [0.15, 0.2) is 0 Å². The van der Waals surface area contributed by atoms with Crippen molar-refractivity contribution in [2.75, 3.05) is 5.32 Å². The average molecular weight is 410 g/mol. The van der Waals surface area contributed by atoms with E-state index in [1.165, 1.54) is 41.4 Å². The number of rotatable bonds is 4. The fraction of sp³-hybridized carbons (Fsp3) is 0.278. The topological polar surface area (TPSA) is 87.3 Å². The van der Waals surface area contributed by atoms with Crippen LogP contribution >= 0.6 is 0 Å². The van der Waals surface area contributed by atoms with E-state index in [-0.39, 0.29) is 23.3 Å². The first-order valence-corrected chi connectivity index (χ1v) is 8.50. The fourth-order valence-corrected chi connectivity index (χ4v) is 3.02. The first-order chi connectivity index (χ1) is 13.5. The number of hydrogen-bond acceptors (Lipinski definition) is 5. The number of aromatic nitrogens is 3. The van der Waals surface area contributed by atoms with Crippen LogP contribution in [0, 0.1) is 0 Å². The molecule has 0 saturated heterocycles. The molecule has 2 heterocycles. The van der Waals surface area contributed by atoms with Gasteiger partial charge < -0.3 is 10.1 Å². The first-order valence-electron chi connectivity index (χ1n) is 8.50. The number of anilines is 2.